The Kier molecular flexibility index (Phi) is 7.40. The van der Waals surface area contributed by atoms with E-state index in [0.29, 0.717) is 68.8 Å². The minimum atomic E-state index is -0.723. The second-order valence-corrected chi connectivity index (χ2v) is 10.3. The van der Waals surface area contributed by atoms with Gasteiger partial charge in [0.2, 0.25) is 0 Å². The number of aromatic nitrogens is 1. The number of halogens is 1. The van der Waals surface area contributed by atoms with Gasteiger partial charge in [0, 0.05) is 38.7 Å². The van der Waals surface area contributed by atoms with Crippen LogP contribution >= 0.6 is 11.6 Å². The van der Waals surface area contributed by atoms with Crippen LogP contribution in [-0.4, -0.2) is 56.6 Å². The molecule has 2 aliphatic rings. The zero-order chi connectivity index (χ0) is 26.9. The van der Waals surface area contributed by atoms with E-state index in [2.05, 4.69) is 5.32 Å². The molecule has 1 N–H and O–H groups in total. The molecule has 202 valence electrons. The fourth-order valence-electron chi connectivity index (χ4n) is 5.68. The quantitative estimate of drug-likeness (QED) is 0.444. The fourth-order valence-corrected chi connectivity index (χ4v) is 5.98. The van der Waals surface area contributed by atoms with Crippen molar-refractivity contribution in [1.29, 1.82) is 0 Å². The fraction of sp³-hybridized carbons (Fsp3) is 0.448. The number of aryl methyl sites for hydroxylation is 1. The van der Waals surface area contributed by atoms with Crippen molar-refractivity contribution in [2.24, 2.45) is 7.05 Å². The molecule has 0 radical (unpaired) electrons. The monoisotopic (exact) mass is 540 g/mol. The van der Waals surface area contributed by atoms with E-state index >= 15 is 0 Å². The second kappa shape index (κ2) is 10.6. The maximum absolute atomic E-state index is 13.6. The summed E-state index contributed by atoms with van der Waals surface area (Å²) in [5.74, 6) is 0.123. The smallest absolute Gasteiger partial charge is 0.316 e. The zero-order valence-corrected chi connectivity index (χ0v) is 22.7. The number of nitrogens with one attached hydrogen (secondary N) is 1. The van der Waals surface area contributed by atoms with Crippen molar-refractivity contribution in [3.8, 4) is 5.75 Å². The number of carbonyl (C=O) groups excluding carboxylic acids is 2. The maximum atomic E-state index is 13.6. The topological polar surface area (TPSA) is 88.0 Å². The molecule has 5 rings (SSSR count). The van der Waals surface area contributed by atoms with Gasteiger partial charge < -0.3 is 28.8 Å². The third kappa shape index (κ3) is 4.44. The molecule has 38 heavy (non-hydrogen) atoms. The summed E-state index contributed by atoms with van der Waals surface area (Å²) in [5.41, 5.74) is 1.74. The SMILES string of the molecule is CCOC(=O)C1(c2ccc(C3(NC(=O)c4cc5c(Cl)c(OC)ccc5n4C)CCOC3)cc2)CCOCC1. The average Bonchev–Trinajstić information content (AvgIpc) is 3.55. The van der Waals surface area contributed by atoms with E-state index in [4.69, 9.17) is 30.5 Å². The Balaban J connectivity index is 1.45. The van der Waals surface area contributed by atoms with E-state index in [1.165, 1.54) is 0 Å². The number of benzene rings is 2. The van der Waals surface area contributed by atoms with Gasteiger partial charge in [-0.3, -0.25) is 9.59 Å². The van der Waals surface area contributed by atoms with Gasteiger partial charge in [0.15, 0.2) is 0 Å². The van der Waals surface area contributed by atoms with Crippen LogP contribution in [0.4, 0.5) is 0 Å². The molecule has 1 unspecified atom stereocenters. The highest BCUT2D eigenvalue weighted by Crippen LogP contribution is 2.39. The Bertz CT molecular complexity index is 1340. The minimum Gasteiger partial charge on any atom is -0.495 e. The summed E-state index contributed by atoms with van der Waals surface area (Å²) in [7, 11) is 3.41. The van der Waals surface area contributed by atoms with Crippen molar-refractivity contribution in [1.82, 2.24) is 9.88 Å². The molecule has 3 heterocycles. The number of fused-ring (bicyclic) bond motifs is 1. The first-order valence-corrected chi connectivity index (χ1v) is 13.3. The molecule has 1 atom stereocenters. The molecule has 0 bridgehead atoms. The predicted octanol–water partition coefficient (Wildman–Crippen LogP) is 4.50. The minimum absolute atomic E-state index is 0.214. The lowest BCUT2D eigenvalue weighted by Gasteiger charge is -2.36. The Morgan fingerprint density at radius 1 is 1.03 bits per heavy atom. The van der Waals surface area contributed by atoms with E-state index < -0.39 is 11.0 Å². The lowest BCUT2D eigenvalue weighted by Crippen LogP contribution is -2.47. The molecule has 8 nitrogen and oxygen atoms in total. The van der Waals surface area contributed by atoms with Gasteiger partial charge in [-0.1, -0.05) is 35.9 Å². The molecule has 9 heteroatoms. The average molecular weight is 541 g/mol. The highest BCUT2D eigenvalue weighted by atomic mass is 35.5. The normalized spacial score (nSPS) is 20.8. The van der Waals surface area contributed by atoms with Crippen LogP contribution < -0.4 is 10.1 Å². The highest BCUT2D eigenvalue weighted by Gasteiger charge is 2.44. The third-order valence-electron chi connectivity index (χ3n) is 7.95. The molecule has 0 saturated carbocycles. The number of hydrogen-bond acceptors (Lipinski definition) is 6. The van der Waals surface area contributed by atoms with Gasteiger partial charge >= 0.3 is 5.97 Å². The largest absolute Gasteiger partial charge is 0.495 e. The summed E-state index contributed by atoms with van der Waals surface area (Å²) in [6.45, 7) is 4.06. The number of ether oxygens (including phenoxy) is 4. The maximum Gasteiger partial charge on any atom is 0.316 e. The second-order valence-electron chi connectivity index (χ2n) is 9.93. The van der Waals surface area contributed by atoms with Crippen LogP contribution in [0.3, 0.4) is 0 Å². The van der Waals surface area contributed by atoms with Gasteiger partial charge in [0.1, 0.15) is 11.4 Å². The molecule has 1 amide bonds. The summed E-state index contributed by atoms with van der Waals surface area (Å²) in [6, 6.07) is 13.4. The van der Waals surface area contributed by atoms with Crippen molar-refractivity contribution >= 4 is 34.4 Å². The van der Waals surface area contributed by atoms with Gasteiger partial charge in [0.25, 0.3) is 5.91 Å². The number of rotatable bonds is 7. The summed E-state index contributed by atoms with van der Waals surface area (Å²) in [5, 5.41) is 4.48. The summed E-state index contributed by atoms with van der Waals surface area (Å²) < 4.78 is 23.9. The molecule has 2 aromatic carbocycles. The summed E-state index contributed by atoms with van der Waals surface area (Å²) >= 11 is 6.53. The van der Waals surface area contributed by atoms with Crippen LogP contribution in [0.2, 0.25) is 5.02 Å². The van der Waals surface area contributed by atoms with Crippen LogP contribution in [0.15, 0.2) is 42.5 Å². The summed E-state index contributed by atoms with van der Waals surface area (Å²) in [6.07, 6.45) is 1.78. The Hall–Kier alpha value is -3.07. The number of nitrogens with zero attached hydrogens (tertiary/aromatic N) is 1. The molecular formula is C29H33ClN2O6. The lowest BCUT2D eigenvalue weighted by molar-refractivity contribution is -0.154. The number of esters is 1. The van der Waals surface area contributed by atoms with Crippen LogP contribution in [-0.2, 0) is 37.0 Å². The van der Waals surface area contributed by atoms with Gasteiger partial charge in [-0.2, -0.15) is 0 Å². The van der Waals surface area contributed by atoms with Gasteiger partial charge in [0.05, 0.1) is 41.8 Å². The molecule has 2 fully saturated rings. The van der Waals surface area contributed by atoms with Gasteiger partial charge in [-0.05, 0) is 49.1 Å². The molecule has 0 aliphatic carbocycles. The van der Waals surface area contributed by atoms with Crippen molar-refractivity contribution < 1.29 is 28.5 Å². The molecule has 1 aromatic heterocycles. The summed E-state index contributed by atoms with van der Waals surface area (Å²) in [4.78, 5) is 26.6. The van der Waals surface area contributed by atoms with Crippen LogP contribution in [0.25, 0.3) is 10.9 Å². The van der Waals surface area contributed by atoms with Crippen LogP contribution in [0.5, 0.6) is 5.75 Å². The highest BCUT2D eigenvalue weighted by molar-refractivity contribution is 6.37. The Morgan fingerprint density at radius 2 is 1.71 bits per heavy atom. The van der Waals surface area contributed by atoms with Crippen LogP contribution in [0, 0.1) is 0 Å². The van der Waals surface area contributed by atoms with Crippen molar-refractivity contribution in [3.05, 3.63) is 64.3 Å². The lowest BCUT2D eigenvalue weighted by atomic mass is 9.73. The van der Waals surface area contributed by atoms with E-state index in [0.717, 1.165) is 22.0 Å². The number of hydrogen-bond donors (Lipinski definition) is 1. The predicted molar refractivity (Wildman–Crippen MR) is 144 cm³/mol. The first-order valence-electron chi connectivity index (χ1n) is 12.9. The van der Waals surface area contributed by atoms with E-state index in [-0.39, 0.29) is 11.9 Å². The van der Waals surface area contributed by atoms with E-state index in [9.17, 15) is 9.59 Å². The third-order valence-corrected chi connectivity index (χ3v) is 8.34. The van der Waals surface area contributed by atoms with Crippen molar-refractivity contribution in [2.45, 2.75) is 37.1 Å². The first-order chi connectivity index (χ1) is 18.3. The van der Waals surface area contributed by atoms with Crippen molar-refractivity contribution in [2.75, 3.05) is 40.1 Å². The number of carbonyl (C=O) groups is 2. The standard InChI is InChI=1S/C29H33ClN2O6/c1-4-38-27(34)28(11-14-36-15-12-28)19-5-7-20(8-6-19)29(13-16-37-18-29)31-26(33)23-17-21-22(32(23)2)9-10-24(35-3)25(21)30/h5-10,17H,4,11-16,18H2,1-3H3,(H,31,33). The van der Waals surface area contributed by atoms with Crippen LogP contribution in [0.1, 0.15) is 47.8 Å². The molecular weight excluding hydrogens is 508 g/mol. The Labute approximate surface area is 227 Å². The Morgan fingerprint density at radius 3 is 2.34 bits per heavy atom. The van der Waals surface area contributed by atoms with Gasteiger partial charge in [-0.25, -0.2) is 0 Å². The van der Waals surface area contributed by atoms with Crippen molar-refractivity contribution in [3.63, 3.8) is 0 Å². The van der Waals surface area contributed by atoms with E-state index in [1.54, 1.807) is 19.2 Å². The van der Waals surface area contributed by atoms with Gasteiger partial charge in [-0.15, -0.1) is 0 Å². The molecule has 2 aliphatic heterocycles. The zero-order valence-electron chi connectivity index (χ0n) is 22.0. The molecule has 2 saturated heterocycles. The number of amides is 1. The number of methoxy groups -OCH3 is 1. The molecule has 3 aromatic rings. The van der Waals surface area contributed by atoms with E-state index in [1.807, 2.05) is 48.9 Å². The molecule has 0 spiro atoms. The first kappa shape index (κ1) is 26.5.